The van der Waals surface area contributed by atoms with E-state index in [0.29, 0.717) is 11.4 Å². The molecule has 0 saturated carbocycles. The molecular formula is C9H15N3O. The Balaban J connectivity index is 3.31. The molecule has 13 heavy (non-hydrogen) atoms. The Labute approximate surface area is 77.3 Å². The average Bonchev–Trinajstić information content (AvgIpc) is 2.28. The number of carbonyl (C=O) groups is 1. The van der Waals surface area contributed by atoms with Crippen LogP contribution in [-0.2, 0) is 5.41 Å². The molecule has 0 aliphatic heterocycles. The minimum Gasteiger partial charge on any atom is -0.385 e. The SMILES string of the molecule is CC(C)(C)c1c[nH]c(N)c1C(N)=O. The van der Waals surface area contributed by atoms with E-state index < -0.39 is 5.91 Å². The maximum absolute atomic E-state index is 11.1. The highest BCUT2D eigenvalue weighted by Crippen LogP contribution is 2.28. The van der Waals surface area contributed by atoms with E-state index in [1.54, 1.807) is 6.20 Å². The molecule has 0 spiro atoms. The molecule has 0 aromatic carbocycles. The number of amides is 1. The van der Waals surface area contributed by atoms with Crippen LogP contribution < -0.4 is 11.5 Å². The minimum atomic E-state index is -0.483. The zero-order valence-corrected chi connectivity index (χ0v) is 8.14. The summed E-state index contributed by atoms with van der Waals surface area (Å²) < 4.78 is 0. The third kappa shape index (κ3) is 1.66. The summed E-state index contributed by atoms with van der Waals surface area (Å²) in [6.45, 7) is 6.01. The standard InChI is InChI=1S/C9H15N3O/c1-9(2,3)5-4-12-7(10)6(5)8(11)13/h4,12H,10H2,1-3H3,(H2,11,13). The molecule has 0 radical (unpaired) electrons. The van der Waals surface area contributed by atoms with Crippen LogP contribution in [0.25, 0.3) is 0 Å². The van der Waals surface area contributed by atoms with Crippen LogP contribution in [0.4, 0.5) is 5.82 Å². The molecule has 1 aromatic heterocycles. The van der Waals surface area contributed by atoms with E-state index in [4.69, 9.17) is 11.5 Å². The fourth-order valence-corrected chi connectivity index (χ4v) is 1.30. The van der Waals surface area contributed by atoms with Crippen molar-refractivity contribution in [2.45, 2.75) is 26.2 Å². The van der Waals surface area contributed by atoms with Crippen molar-refractivity contribution < 1.29 is 4.79 Å². The Kier molecular flexibility index (Phi) is 2.07. The van der Waals surface area contributed by atoms with Gasteiger partial charge in [-0.1, -0.05) is 20.8 Å². The van der Waals surface area contributed by atoms with E-state index in [2.05, 4.69) is 4.98 Å². The molecule has 5 N–H and O–H groups in total. The lowest BCUT2D eigenvalue weighted by Gasteiger charge is -2.18. The van der Waals surface area contributed by atoms with Gasteiger partial charge in [-0.15, -0.1) is 0 Å². The first-order valence-electron chi connectivity index (χ1n) is 4.11. The monoisotopic (exact) mass is 181 g/mol. The number of H-pyrrole nitrogens is 1. The summed E-state index contributed by atoms with van der Waals surface area (Å²) in [7, 11) is 0. The van der Waals surface area contributed by atoms with Crippen LogP contribution in [0.2, 0.25) is 0 Å². The number of hydrogen-bond donors (Lipinski definition) is 3. The second-order valence-electron chi connectivity index (χ2n) is 4.11. The molecule has 0 fully saturated rings. The quantitative estimate of drug-likeness (QED) is 0.603. The number of nitrogens with one attached hydrogen (secondary N) is 1. The van der Waals surface area contributed by atoms with Crippen molar-refractivity contribution in [3.05, 3.63) is 17.3 Å². The van der Waals surface area contributed by atoms with Gasteiger partial charge < -0.3 is 16.5 Å². The van der Waals surface area contributed by atoms with Gasteiger partial charge in [0.2, 0.25) is 0 Å². The summed E-state index contributed by atoms with van der Waals surface area (Å²) in [6.07, 6.45) is 1.73. The number of aromatic amines is 1. The van der Waals surface area contributed by atoms with Gasteiger partial charge in [-0.05, 0) is 11.0 Å². The Morgan fingerprint density at radius 1 is 1.46 bits per heavy atom. The van der Waals surface area contributed by atoms with E-state index in [0.717, 1.165) is 5.56 Å². The van der Waals surface area contributed by atoms with Gasteiger partial charge in [0.05, 0.1) is 5.56 Å². The lowest BCUT2D eigenvalue weighted by atomic mass is 9.86. The average molecular weight is 181 g/mol. The van der Waals surface area contributed by atoms with Crippen LogP contribution >= 0.6 is 0 Å². The maximum Gasteiger partial charge on any atom is 0.252 e. The molecule has 1 aromatic rings. The molecule has 1 rings (SSSR count). The number of nitrogen functional groups attached to an aromatic ring is 1. The summed E-state index contributed by atoms with van der Waals surface area (Å²) in [6, 6.07) is 0. The second kappa shape index (κ2) is 2.80. The van der Waals surface area contributed by atoms with Crippen LogP contribution in [0.15, 0.2) is 6.20 Å². The van der Waals surface area contributed by atoms with Crippen molar-refractivity contribution in [2.24, 2.45) is 5.73 Å². The highest BCUT2D eigenvalue weighted by atomic mass is 16.1. The van der Waals surface area contributed by atoms with Crippen molar-refractivity contribution in [2.75, 3.05) is 5.73 Å². The van der Waals surface area contributed by atoms with Gasteiger partial charge in [-0.2, -0.15) is 0 Å². The zero-order valence-electron chi connectivity index (χ0n) is 8.14. The Bertz CT molecular complexity index is 333. The van der Waals surface area contributed by atoms with Gasteiger partial charge in [0.15, 0.2) is 0 Å². The fourth-order valence-electron chi connectivity index (χ4n) is 1.30. The molecular weight excluding hydrogens is 166 g/mol. The lowest BCUT2D eigenvalue weighted by molar-refractivity contribution is 0.0999. The van der Waals surface area contributed by atoms with Crippen molar-refractivity contribution in [3.8, 4) is 0 Å². The van der Waals surface area contributed by atoms with Gasteiger partial charge in [0, 0.05) is 6.20 Å². The largest absolute Gasteiger partial charge is 0.385 e. The van der Waals surface area contributed by atoms with Gasteiger partial charge in [0.25, 0.3) is 5.91 Å². The number of nitrogens with two attached hydrogens (primary N) is 2. The Morgan fingerprint density at radius 3 is 2.31 bits per heavy atom. The maximum atomic E-state index is 11.1. The minimum absolute atomic E-state index is 0.127. The summed E-state index contributed by atoms with van der Waals surface area (Å²) in [4.78, 5) is 13.9. The molecule has 1 heterocycles. The predicted molar refractivity (Wildman–Crippen MR) is 52.4 cm³/mol. The molecule has 0 atom stereocenters. The first-order chi connectivity index (χ1) is 5.84. The number of carbonyl (C=O) groups excluding carboxylic acids is 1. The highest BCUT2D eigenvalue weighted by Gasteiger charge is 2.23. The molecule has 0 aliphatic carbocycles. The summed E-state index contributed by atoms with van der Waals surface area (Å²) in [5, 5.41) is 0. The third-order valence-electron chi connectivity index (χ3n) is 1.97. The summed E-state index contributed by atoms with van der Waals surface area (Å²) >= 11 is 0. The lowest BCUT2D eigenvalue weighted by Crippen LogP contribution is -2.20. The smallest absolute Gasteiger partial charge is 0.252 e. The van der Waals surface area contributed by atoms with E-state index in [1.165, 1.54) is 0 Å². The molecule has 0 saturated heterocycles. The number of primary amides is 1. The van der Waals surface area contributed by atoms with Gasteiger partial charge in [-0.3, -0.25) is 4.79 Å². The molecule has 0 unspecified atom stereocenters. The molecule has 1 amide bonds. The van der Waals surface area contributed by atoms with Crippen molar-refractivity contribution in [1.82, 2.24) is 4.98 Å². The molecule has 0 aliphatic rings. The van der Waals surface area contributed by atoms with Gasteiger partial charge >= 0.3 is 0 Å². The molecule has 4 nitrogen and oxygen atoms in total. The van der Waals surface area contributed by atoms with Crippen molar-refractivity contribution in [3.63, 3.8) is 0 Å². The van der Waals surface area contributed by atoms with Crippen LogP contribution in [0.3, 0.4) is 0 Å². The normalized spacial score (nSPS) is 11.6. The van der Waals surface area contributed by atoms with Crippen LogP contribution in [0.1, 0.15) is 36.7 Å². The molecule has 72 valence electrons. The topological polar surface area (TPSA) is 84.9 Å². The number of rotatable bonds is 1. The molecule has 0 bridgehead atoms. The van der Waals surface area contributed by atoms with Crippen molar-refractivity contribution >= 4 is 11.7 Å². The predicted octanol–water partition coefficient (Wildman–Crippen LogP) is 0.993. The van der Waals surface area contributed by atoms with Crippen LogP contribution in [0, 0.1) is 0 Å². The van der Waals surface area contributed by atoms with Crippen LogP contribution in [-0.4, -0.2) is 10.9 Å². The Morgan fingerprint density at radius 2 is 2.00 bits per heavy atom. The summed E-state index contributed by atoms with van der Waals surface area (Å²) in [5.41, 5.74) is 11.9. The van der Waals surface area contributed by atoms with E-state index in [-0.39, 0.29) is 5.41 Å². The number of hydrogen-bond acceptors (Lipinski definition) is 2. The van der Waals surface area contributed by atoms with E-state index >= 15 is 0 Å². The zero-order chi connectivity index (χ0) is 10.2. The second-order valence-corrected chi connectivity index (χ2v) is 4.11. The van der Waals surface area contributed by atoms with Crippen molar-refractivity contribution in [1.29, 1.82) is 0 Å². The number of aromatic nitrogens is 1. The fraction of sp³-hybridized carbons (Fsp3) is 0.444. The molecule has 4 heteroatoms. The van der Waals surface area contributed by atoms with Gasteiger partial charge in [0.1, 0.15) is 5.82 Å². The third-order valence-corrected chi connectivity index (χ3v) is 1.97. The highest BCUT2D eigenvalue weighted by molar-refractivity contribution is 5.99. The van der Waals surface area contributed by atoms with E-state index in [9.17, 15) is 4.79 Å². The Hall–Kier alpha value is -1.45. The first kappa shape index (κ1) is 9.64. The first-order valence-corrected chi connectivity index (χ1v) is 4.11. The van der Waals surface area contributed by atoms with E-state index in [1.807, 2.05) is 20.8 Å². The van der Waals surface area contributed by atoms with Gasteiger partial charge in [-0.25, -0.2) is 0 Å². The number of anilines is 1. The van der Waals surface area contributed by atoms with Crippen LogP contribution in [0.5, 0.6) is 0 Å². The summed E-state index contributed by atoms with van der Waals surface area (Å²) in [5.74, 6) is -0.138.